The van der Waals surface area contributed by atoms with Crippen molar-refractivity contribution < 1.29 is 21.6 Å². The van der Waals surface area contributed by atoms with Gasteiger partial charge >= 0.3 is 6.18 Å². The second kappa shape index (κ2) is 8.09. The van der Waals surface area contributed by atoms with Gasteiger partial charge in [0.25, 0.3) is 0 Å². The summed E-state index contributed by atoms with van der Waals surface area (Å²) in [4.78, 5) is 10.1. The van der Waals surface area contributed by atoms with Crippen molar-refractivity contribution in [2.75, 3.05) is 37.4 Å². The third-order valence-electron chi connectivity index (χ3n) is 3.49. The summed E-state index contributed by atoms with van der Waals surface area (Å²) in [7, 11) is -0.239. The Morgan fingerprint density at radius 1 is 1.07 bits per heavy atom. The van der Waals surface area contributed by atoms with Crippen molar-refractivity contribution in [1.29, 1.82) is 0 Å². The summed E-state index contributed by atoms with van der Waals surface area (Å²) < 4.78 is 64.2. The van der Waals surface area contributed by atoms with Crippen LogP contribution in [0.3, 0.4) is 0 Å². The van der Waals surface area contributed by atoms with Crippen LogP contribution >= 0.6 is 0 Å². The lowest BCUT2D eigenvalue weighted by Gasteiger charge is -2.14. The van der Waals surface area contributed by atoms with E-state index in [1.54, 1.807) is 6.07 Å². The van der Waals surface area contributed by atoms with E-state index in [9.17, 15) is 21.6 Å². The van der Waals surface area contributed by atoms with Gasteiger partial charge in [-0.15, -0.1) is 0 Å². The van der Waals surface area contributed by atoms with Crippen molar-refractivity contribution in [2.24, 2.45) is 0 Å². The highest BCUT2D eigenvalue weighted by atomic mass is 32.2. The Morgan fingerprint density at radius 3 is 2.26 bits per heavy atom. The number of nitrogens with zero attached hydrogens (tertiary/aromatic N) is 3. The topological polar surface area (TPSA) is 87.2 Å². The van der Waals surface area contributed by atoms with E-state index in [0.29, 0.717) is 11.8 Å². The van der Waals surface area contributed by atoms with Gasteiger partial charge in [0.15, 0.2) is 0 Å². The van der Waals surface area contributed by atoms with Gasteiger partial charge in [-0.2, -0.15) is 18.2 Å². The van der Waals surface area contributed by atoms with Crippen molar-refractivity contribution >= 4 is 21.8 Å². The summed E-state index contributed by atoms with van der Waals surface area (Å²) in [6.07, 6.45) is -4.52. The van der Waals surface area contributed by atoms with Crippen LogP contribution in [0.15, 0.2) is 35.2 Å². The standard InChI is InChI=1S/C16H20F3N5O2S/c1-11-10-14(24(2)3)23-15(22-11)20-8-9-21-27(25,26)13-6-4-12(5-7-13)16(17,18)19/h4-7,10,21H,8-9H2,1-3H3,(H,20,22,23). The molecule has 0 saturated carbocycles. The Hall–Kier alpha value is -2.40. The molecule has 0 aliphatic carbocycles. The zero-order valence-electron chi connectivity index (χ0n) is 15.0. The molecule has 0 aliphatic rings. The molecule has 0 fully saturated rings. The lowest BCUT2D eigenvalue weighted by Crippen LogP contribution is -2.29. The Balaban J connectivity index is 1.94. The number of aromatic nitrogens is 2. The highest BCUT2D eigenvalue weighted by Gasteiger charge is 2.30. The number of halogens is 3. The molecule has 0 aliphatic heterocycles. The molecule has 7 nitrogen and oxygen atoms in total. The fraction of sp³-hybridized carbons (Fsp3) is 0.375. The first-order valence-electron chi connectivity index (χ1n) is 7.93. The summed E-state index contributed by atoms with van der Waals surface area (Å²) in [6, 6.07) is 5.11. The van der Waals surface area contributed by atoms with Crippen molar-refractivity contribution in [2.45, 2.75) is 18.0 Å². The van der Waals surface area contributed by atoms with E-state index in [-0.39, 0.29) is 18.0 Å². The number of benzene rings is 1. The average Bonchev–Trinajstić information content (AvgIpc) is 2.57. The quantitative estimate of drug-likeness (QED) is 0.690. The zero-order valence-corrected chi connectivity index (χ0v) is 15.8. The van der Waals surface area contributed by atoms with Gasteiger partial charge in [0.2, 0.25) is 16.0 Å². The van der Waals surface area contributed by atoms with Gasteiger partial charge in [-0.3, -0.25) is 0 Å². The van der Waals surface area contributed by atoms with Crippen LogP contribution in [0.25, 0.3) is 0 Å². The van der Waals surface area contributed by atoms with E-state index >= 15 is 0 Å². The molecular weight excluding hydrogens is 383 g/mol. The smallest absolute Gasteiger partial charge is 0.363 e. The minimum atomic E-state index is -4.52. The molecule has 0 bridgehead atoms. The molecule has 0 saturated heterocycles. The third-order valence-corrected chi connectivity index (χ3v) is 4.97. The summed E-state index contributed by atoms with van der Waals surface area (Å²) in [5, 5.41) is 2.91. The van der Waals surface area contributed by atoms with Gasteiger partial charge in [-0.25, -0.2) is 18.1 Å². The monoisotopic (exact) mass is 403 g/mol. The lowest BCUT2D eigenvalue weighted by atomic mass is 10.2. The second-order valence-corrected chi connectivity index (χ2v) is 7.70. The summed E-state index contributed by atoms with van der Waals surface area (Å²) in [6.45, 7) is 2.03. The molecule has 2 aromatic rings. The third kappa shape index (κ3) is 5.79. The maximum atomic E-state index is 12.5. The number of hydrogen-bond donors (Lipinski definition) is 2. The molecule has 0 spiro atoms. The number of aryl methyl sites for hydroxylation is 1. The molecule has 27 heavy (non-hydrogen) atoms. The van der Waals surface area contributed by atoms with E-state index in [1.807, 2.05) is 25.9 Å². The number of sulfonamides is 1. The number of hydrogen-bond acceptors (Lipinski definition) is 6. The number of alkyl halides is 3. The average molecular weight is 403 g/mol. The van der Waals surface area contributed by atoms with Gasteiger partial charge in [-0.05, 0) is 31.2 Å². The van der Waals surface area contributed by atoms with Crippen molar-refractivity contribution in [1.82, 2.24) is 14.7 Å². The normalized spacial score (nSPS) is 12.1. The van der Waals surface area contributed by atoms with E-state index in [2.05, 4.69) is 20.0 Å². The van der Waals surface area contributed by atoms with Crippen LogP contribution in [0, 0.1) is 6.92 Å². The number of rotatable bonds is 7. The molecule has 11 heteroatoms. The molecule has 1 heterocycles. The Labute approximate surface area is 155 Å². The van der Waals surface area contributed by atoms with Crippen LogP contribution in [0.2, 0.25) is 0 Å². The van der Waals surface area contributed by atoms with Gasteiger partial charge in [0, 0.05) is 38.9 Å². The van der Waals surface area contributed by atoms with Gasteiger partial charge in [0.1, 0.15) is 5.82 Å². The zero-order chi connectivity index (χ0) is 20.2. The first-order valence-corrected chi connectivity index (χ1v) is 9.41. The van der Waals surface area contributed by atoms with Crippen LogP contribution in [-0.4, -0.2) is 45.6 Å². The molecule has 0 unspecified atom stereocenters. The molecular formula is C16H20F3N5O2S. The van der Waals surface area contributed by atoms with Crippen LogP contribution in [-0.2, 0) is 16.2 Å². The fourth-order valence-electron chi connectivity index (χ4n) is 2.13. The molecule has 1 aromatic heterocycles. The maximum absolute atomic E-state index is 12.5. The van der Waals surface area contributed by atoms with Gasteiger partial charge in [-0.1, -0.05) is 0 Å². The molecule has 2 N–H and O–H groups in total. The second-order valence-electron chi connectivity index (χ2n) is 5.93. The molecule has 0 amide bonds. The minimum absolute atomic E-state index is 0.0119. The molecule has 2 rings (SSSR count). The van der Waals surface area contributed by atoms with Crippen LogP contribution in [0.5, 0.6) is 0 Å². The molecule has 1 aromatic carbocycles. The summed E-state index contributed by atoms with van der Waals surface area (Å²) >= 11 is 0. The van der Waals surface area contributed by atoms with Crippen molar-refractivity contribution in [3.63, 3.8) is 0 Å². The predicted octanol–water partition coefficient (Wildman–Crippen LogP) is 2.26. The first-order chi connectivity index (χ1) is 12.5. The Morgan fingerprint density at radius 2 is 1.70 bits per heavy atom. The van der Waals surface area contributed by atoms with E-state index in [0.717, 1.165) is 30.0 Å². The fourth-order valence-corrected chi connectivity index (χ4v) is 3.16. The van der Waals surface area contributed by atoms with Crippen LogP contribution in [0.4, 0.5) is 24.9 Å². The van der Waals surface area contributed by atoms with E-state index in [1.165, 1.54) is 0 Å². The van der Waals surface area contributed by atoms with Gasteiger partial charge < -0.3 is 10.2 Å². The van der Waals surface area contributed by atoms with Crippen LogP contribution < -0.4 is 14.9 Å². The lowest BCUT2D eigenvalue weighted by molar-refractivity contribution is -0.137. The summed E-state index contributed by atoms with van der Waals surface area (Å²) in [5.74, 6) is 1.06. The Kier molecular flexibility index (Phi) is 6.26. The van der Waals surface area contributed by atoms with Crippen LogP contribution in [0.1, 0.15) is 11.3 Å². The number of anilines is 2. The Bertz CT molecular complexity index is 884. The molecule has 0 radical (unpaired) electrons. The molecule has 0 atom stereocenters. The summed E-state index contributed by atoms with van der Waals surface area (Å²) in [5.41, 5.74) is -0.155. The first kappa shape index (κ1) is 20.9. The predicted molar refractivity (Wildman–Crippen MR) is 96.2 cm³/mol. The SMILES string of the molecule is Cc1cc(N(C)C)nc(NCCNS(=O)(=O)c2ccc(C(F)(F)F)cc2)n1. The van der Waals surface area contributed by atoms with Gasteiger partial charge in [0.05, 0.1) is 10.5 Å². The van der Waals surface area contributed by atoms with Crippen molar-refractivity contribution in [3.8, 4) is 0 Å². The molecule has 148 valence electrons. The minimum Gasteiger partial charge on any atom is -0.363 e. The van der Waals surface area contributed by atoms with E-state index < -0.39 is 21.8 Å². The van der Waals surface area contributed by atoms with E-state index in [4.69, 9.17) is 0 Å². The highest BCUT2D eigenvalue weighted by Crippen LogP contribution is 2.29. The maximum Gasteiger partial charge on any atom is 0.416 e. The highest BCUT2D eigenvalue weighted by molar-refractivity contribution is 7.89. The largest absolute Gasteiger partial charge is 0.416 e. The van der Waals surface area contributed by atoms with Crippen molar-refractivity contribution in [3.05, 3.63) is 41.6 Å². The number of nitrogens with one attached hydrogen (secondary N) is 2.